The molecular weight excluding hydrogens is 440 g/mol. The topological polar surface area (TPSA) is 111 Å². The summed E-state index contributed by atoms with van der Waals surface area (Å²) in [6, 6.07) is 9.54. The Morgan fingerprint density at radius 3 is 2.55 bits per heavy atom. The lowest BCUT2D eigenvalue weighted by molar-refractivity contribution is -0.116. The largest absolute Gasteiger partial charge is 0.493 e. The quantitative estimate of drug-likeness (QED) is 0.616. The van der Waals surface area contributed by atoms with Crippen molar-refractivity contribution in [3.8, 4) is 11.5 Å². The molecule has 1 heterocycles. The van der Waals surface area contributed by atoms with Gasteiger partial charge in [0.05, 0.1) is 35.8 Å². The van der Waals surface area contributed by atoms with Gasteiger partial charge in [-0.15, -0.1) is 11.8 Å². The van der Waals surface area contributed by atoms with Crippen LogP contribution in [0.4, 0.5) is 11.4 Å². The van der Waals surface area contributed by atoms with E-state index >= 15 is 0 Å². The van der Waals surface area contributed by atoms with E-state index < -0.39 is 15.7 Å². The molecule has 0 radical (unpaired) electrons. The second-order valence-corrected chi connectivity index (χ2v) is 10.2. The van der Waals surface area contributed by atoms with Gasteiger partial charge in [0.25, 0.3) is 0 Å². The fourth-order valence-electron chi connectivity index (χ4n) is 3.07. The molecule has 3 rings (SSSR count). The zero-order valence-corrected chi connectivity index (χ0v) is 19.1. The van der Waals surface area contributed by atoms with E-state index in [1.165, 1.54) is 38.1 Å². The maximum atomic E-state index is 12.7. The molecule has 166 valence electrons. The molecular formula is C21H24N2O6S2. The van der Waals surface area contributed by atoms with E-state index in [2.05, 4.69) is 10.6 Å². The summed E-state index contributed by atoms with van der Waals surface area (Å²) in [6.07, 6.45) is 0.470. The molecule has 10 heteroatoms. The first-order valence-electron chi connectivity index (χ1n) is 9.63. The van der Waals surface area contributed by atoms with E-state index in [9.17, 15) is 18.0 Å². The number of ether oxygens (including phenoxy) is 2. The van der Waals surface area contributed by atoms with Crippen molar-refractivity contribution in [2.45, 2.75) is 34.8 Å². The summed E-state index contributed by atoms with van der Waals surface area (Å²) in [5.41, 5.74) is 0.953. The number of carbonyl (C=O) groups excluding carboxylic acids is 2. The molecule has 2 aromatic rings. The molecule has 0 bridgehead atoms. The van der Waals surface area contributed by atoms with Crippen molar-refractivity contribution >= 4 is 44.8 Å². The summed E-state index contributed by atoms with van der Waals surface area (Å²) in [5, 5.41) is 5.24. The first kappa shape index (κ1) is 23.0. The zero-order valence-electron chi connectivity index (χ0n) is 17.4. The minimum atomic E-state index is -3.71. The van der Waals surface area contributed by atoms with Crippen molar-refractivity contribution in [3.05, 3.63) is 36.4 Å². The number of rotatable bonds is 8. The number of nitrogens with one attached hydrogen (secondary N) is 2. The normalized spacial score (nSPS) is 15.6. The van der Waals surface area contributed by atoms with Gasteiger partial charge in [0.2, 0.25) is 11.8 Å². The number of hydrogen-bond donors (Lipinski definition) is 2. The molecule has 2 aromatic carbocycles. The van der Waals surface area contributed by atoms with E-state index in [1.807, 2.05) is 6.92 Å². The van der Waals surface area contributed by atoms with Crippen LogP contribution in [-0.2, 0) is 19.4 Å². The molecule has 0 aromatic heterocycles. The van der Waals surface area contributed by atoms with Crippen LogP contribution in [0.1, 0.15) is 19.8 Å². The lowest BCUT2D eigenvalue weighted by Crippen LogP contribution is -2.28. The molecule has 8 nitrogen and oxygen atoms in total. The Balaban J connectivity index is 1.66. The Morgan fingerprint density at radius 2 is 1.87 bits per heavy atom. The van der Waals surface area contributed by atoms with Gasteiger partial charge < -0.3 is 20.1 Å². The van der Waals surface area contributed by atoms with Crippen molar-refractivity contribution in [1.29, 1.82) is 0 Å². The Labute approximate surface area is 185 Å². The summed E-state index contributed by atoms with van der Waals surface area (Å²) in [5.74, 6) is 0.0364. The number of carbonyl (C=O) groups is 2. The summed E-state index contributed by atoms with van der Waals surface area (Å²) in [7, 11) is -0.715. The summed E-state index contributed by atoms with van der Waals surface area (Å²) < 4.78 is 35.8. The average Bonchev–Trinajstić information content (AvgIpc) is 2.76. The summed E-state index contributed by atoms with van der Waals surface area (Å²) >= 11 is 1.42. The lowest BCUT2D eigenvalue weighted by Gasteiger charge is -2.23. The third kappa shape index (κ3) is 5.31. The van der Waals surface area contributed by atoms with E-state index in [0.717, 1.165) is 4.90 Å². The first-order valence-corrected chi connectivity index (χ1v) is 12.2. The SMILES string of the molecule is CC[C@@H]1Sc2ccc(S(=O)(=O)CCC(=O)Nc3ccc(OC)c(OC)c3)cc2NC1=O. The monoisotopic (exact) mass is 464 g/mol. The van der Waals surface area contributed by atoms with Crippen LogP contribution < -0.4 is 20.1 Å². The van der Waals surface area contributed by atoms with Crippen molar-refractivity contribution in [1.82, 2.24) is 0 Å². The molecule has 31 heavy (non-hydrogen) atoms. The molecule has 0 saturated carbocycles. The fraction of sp³-hybridized carbons (Fsp3) is 0.333. The smallest absolute Gasteiger partial charge is 0.237 e. The second-order valence-electron chi connectivity index (χ2n) is 6.85. The molecule has 1 aliphatic rings. The van der Waals surface area contributed by atoms with Crippen molar-refractivity contribution in [2.24, 2.45) is 0 Å². The van der Waals surface area contributed by atoms with Crippen LogP contribution in [0.15, 0.2) is 46.2 Å². The molecule has 0 unspecified atom stereocenters. The highest BCUT2D eigenvalue weighted by atomic mass is 32.2. The molecule has 0 saturated heterocycles. The number of hydrogen-bond acceptors (Lipinski definition) is 7. The molecule has 1 atom stereocenters. The maximum Gasteiger partial charge on any atom is 0.237 e. The van der Waals surface area contributed by atoms with Gasteiger partial charge in [-0.3, -0.25) is 9.59 Å². The number of fused-ring (bicyclic) bond motifs is 1. The van der Waals surface area contributed by atoms with Gasteiger partial charge in [0.15, 0.2) is 21.3 Å². The van der Waals surface area contributed by atoms with Crippen LogP contribution in [0, 0.1) is 0 Å². The molecule has 0 spiro atoms. The van der Waals surface area contributed by atoms with E-state index in [0.29, 0.717) is 29.3 Å². The fourth-order valence-corrected chi connectivity index (χ4v) is 5.36. The summed E-state index contributed by atoms with van der Waals surface area (Å²) in [4.78, 5) is 25.3. The Hall–Kier alpha value is -2.72. The standard InChI is InChI=1S/C21H24N2O6S2/c1-4-18-21(25)23-15-12-14(6-8-19(15)30-18)31(26,27)10-9-20(24)22-13-5-7-16(28-2)17(11-13)29-3/h5-8,11-12,18H,4,9-10H2,1-3H3,(H,22,24)(H,23,25)/t18-/m0/s1. The highest BCUT2D eigenvalue weighted by Crippen LogP contribution is 2.38. The van der Waals surface area contributed by atoms with E-state index in [1.54, 1.807) is 24.3 Å². The van der Waals surface area contributed by atoms with Crippen molar-refractivity contribution in [3.63, 3.8) is 0 Å². The Kier molecular flexibility index (Phi) is 7.11. The van der Waals surface area contributed by atoms with Crippen LogP contribution >= 0.6 is 11.8 Å². The highest BCUT2D eigenvalue weighted by molar-refractivity contribution is 8.01. The van der Waals surface area contributed by atoms with Gasteiger partial charge in [0, 0.05) is 23.1 Å². The average molecular weight is 465 g/mol. The minimum Gasteiger partial charge on any atom is -0.493 e. The third-order valence-electron chi connectivity index (χ3n) is 4.77. The molecule has 1 aliphatic heterocycles. The van der Waals surface area contributed by atoms with Gasteiger partial charge >= 0.3 is 0 Å². The van der Waals surface area contributed by atoms with Crippen LogP contribution in [0.2, 0.25) is 0 Å². The number of amides is 2. The van der Waals surface area contributed by atoms with Crippen LogP contribution in [0.25, 0.3) is 0 Å². The predicted octanol–water partition coefficient (Wildman–Crippen LogP) is 3.33. The molecule has 0 aliphatic carbocycles. The van der Waals surface area contributed by atoms with Crippen LogP contribution in [0.5, 0.6) is 11.5 Å². The third-order valence-corrected chi connectivity index (χ3v) is 7.92. The Bertz CT molecular complexity index is 1100. The van der Waals surface area contributed by atoms with E-state index in [-0.39, 0.29) is 28.2 Å². The Morgan fingerprint density at radius 1 is 1.13 bits per heavy atom. The lowest BCUT2D eigenvalue weighted by atomic mass is 10.2. The van der Waals surface area contributed by atoms with Gasteiger partial charge in [-0.1, -0.05) is 6.92 Å². The number of sulfone groups is 1. The summed E-state index contributed by atoms with van der Waals surface area (Å²) in [6.45, 7) is 1.92. The molecule has 2 amide bonds. The van der Waals surface area contributed by atoms with Gasteiger partial charge in [-0.25, -0.2) is 8.42 Å². The van der Waals surface area contributed by atoms with Gasteiger partial charge in [0.1, 0.15) is 0 Å². The van der Waals surface area contributed by atoms with Gasteiger partial charge in [-0.05, 0) is 36.8 Å². The maximum absolute atomic E-state index is 12.7. The van der Waals surface area contributed by atoms with Crippen LogP contribution in [0.3, 0.4) is 0 Å². The number of benzene rings is 2. The van der Waals surface area contributed by atoms with Crippen LogP contribution in [-0.4, -0.2) is 45.5 Å². The number of anilines is 2. The predicted molar refractivity (Wildman–Crippen MR) is 120 cm³/mol. The number of methoxy groups -OCH3 is 2. The zero-order chi connectivity index (χ0) is 22.6. The first-order chi connectivity index (χ1) is 14.8. The second kappa shape index (κ2) is 9.61. The molecule has 2 N–H and O–H groups in total. The highest BCUT2D eigenvalue weighted by Gasteiger charge is 2.27. The number of thioether (sulfide) groups is 1. The van der Waals surface area contributed by atoms with E-state index in [4.69, 9.17) is 9.47 Å². The van der Waals surface area contributed by atoms with Crippen molar-refractivity contribution in [2.75, 3.05) is 30.6 Å². The minimum absolute atomic E-state index is 0.0704. The van der Waals surface area contributed by atoms with Gasteiger partial charge in [-0.2, -0.15) is 0 Å². The molecule has 0 fully saturated rings. The van der Waals surface area contributed by atoms with Crippen molar-refractivity contribution < 1.29 is 27.5 Å².